The minimum atomic E-state index is -0.301. The first-order valence-corrected chi connectivity index (χ1v) is 7.30. The first-order valence-electron chi connectivity index (χ1n) is 7.30. The summed E-state index contributed by atoms with van der Waals surface area (Å²) in [4.78, 5) is 14.2. The summed E-state index contributed by atoms with van der Waals surface area (Å²) in [6.45, 7) is 1.49. The molecule has 2 nitrogen and oxygen atoms in total. The summed E-state index contributed by atoms with van der Waals surface area (Å²) in [5.41, 5.74) is 1.75. The molecule has 1 aliphatic heterocycles. The first-order chi connectivity index (χ1) is 10.2. The molecule has 0 bridgehead atoms. The third-order valence-electron chi connectivity index (χ3n) is 4.11. The number of halogens is 1. The number of carbonyl (C=O) groups excluding carboxylic acids is 1. The zero-order valence-electron chi connectivity index (χ0n) is 11.8. The summed E-state index contributed by atoms with van der Waals surface area (Å²) in [7, 11) is 0. The Labute approximate surface area is 124 Å². The Bertz CT molecular complexity index is 626. The van der Waals surface area contributed by atoms with Crippen molar-refractivity contribution in [3.63, 3.8) is 0 Å². The van der Waals surface area contributed by atoms with Gasteiger partial charge in [0.2, 0.25) is 5.91 Å². The second-order valence-corrected chi connectivity index (χ2v) is 5.50. The summed E-state index contributed by atoms with van der Waals surface area (Å²) >= 11 is 0. The van der Waals surface area contributed by atoms with E-state index in [1.807, 2.05) is 23.1 Å². The molecule has 3 rings (SSSR count). The van der Waals surface area contributed by atoms with Gasteiger partial charge in [-0.05, 0) is 23.6 Å². The van der Waals surface area contributed by atoms with Crippen LogP contribution < -0.4 is 0 Å². The fraction of sp³-hybridized carbons (Fsp3) is 0.278. The summed E-state index contributed by atoms with van der Waals surface area (Å²) in [6, 6.07) is 16.8. The molecule has 0 saturated carbocycles. The zero-order chi connectivity index (χ0) is 14.7. The van der Waals surface area contributed by atoms with Gasteiger partial charge in [-0.3, -0.25) is 4.79 Å². The van der Waals surface area contributed by atoms with Gasteiger partial charge in [0.1, 0.15) is 5.82 Å². The van der Waals surface area contributed by atoms with Gasteiger partial charge in [-0.15, -0.1) is 0 Å². The predicted octanol–water partition coefficient (Wildman–Crippen LogP) is 3.38. The first kappa shape index (κ1) is 13.8. The van der Waals surface area contributed by atoms with E-state index in [0.29, 0.717) is 11.5 Å². The second-order valence-electron chi connectivity index (χ2n) is 5.50. The van der Waals surface area contributed by atoms with Gasteiger partial charge in [0, 0.05) is 19.0 Å². The number of rotatable bonds is 3. The van der Waals surface area contributed by atoms with Gasteiger partial charge in [0.15, 0.2) is 0 Å². The van der Waals surface area contributed by atoms with Gasteiger partial charge in [-0.2, -0.15) is 0 Å². The molecule has 2 aromatic carbocycles. The average Bonchev–Trinajstić information content (AvgIpc) is 3.00. The highest BCUT2D eigenvalue weighted by Crippen LogP contribution is 2.27. The Kier molecular flexibility index (Phi) is 4.00. The second kappa shape index (κ2) is 6.08. The molecule has 1 heterocycles. The molecule has 3 heteroatoms. The maximum absolute atomic E-state index is 13.6. The van der Waals surface area contributed by atoms with E-state index in [-0.39, 0.29) is 18.1 Å². The van der Waals surface area contributed by atoms with Crippen molar-refractivity contribution in [2.24, 2.45) is 0 Å². The quantitative estimate of drug-likeness (QED) is 0.845. The normalized spacial score (nSPS) is 18.0. The van der Waals surface area contributed by atoms with Gasteiger partial charge in [0.05, 0.1) is 6.42 Å². The van der Waals surface area contributed by atoms with E-state index in [1.54, 1.807) is 18.2 Å². The summed E-state index contributed by atoms with van der Waals surface area (Å²) in [6.07, 6.45) is 1.13. The molecule has 0 spiro atoms. The molecule has 0 N–H and O–H groups in total. The van der Waals surface area contributed by atoms with E-state index < -0.39 is 0 Å². The largest absolute Gasteiger partial charge is 0.342 e. The van der Waals surface area contributed by atoms with E-state index in [9.17, 15) is 9.18 Å². The van der Waals surface area contributed by atoms with Crippen molar-refractivity contribution in [1.82, 2.24) is 4.90 Å². The minimum Gasteiger partial charge on any atom is -0.342 e. The van der Waals surface area contributed by atoms with Crippen molar-refractivity contribution in [1.29, 1.82) is 0 Å². The number of hydrogen-bond donors (Lipinski definition) is 0. The molecule has 1 atom stereocenters. The van der Waals surface area contributed by atoms with E-state index in [2.05, 4.69) is 12.1 Å². The monoisotopic (exact) mass is 283 g/mol. The smallest absolute Gasteiger partial charge is 0.227 e. The fourth-order valence-electron chi connectivity index (χ4n) is 2.90. The molecule has 21 heavy (non-hydrogen) atoms. The van der Waals surface area contributed by atoms with Crippen LogP contribution in [0.2, 0.25) is 0 Å². The van der Waals surface area contributed by atoms with Crippen molar-refractivity contribution in [2.75, 3.05) is 13.1 Å². The molecule has 2 aromatic rings. The van der Waals surface area contributed by atoms with E-state index in [4.69, 9.17) is 0 Å². The predicted molar refractivity (Wildman–Crippen MR) is 80.5 cm³/mol. The Balaban J connectivity index is 1.64. The minimum absolute atomic E-state index is 0.0125. The molecular formula is C18H18FNO. The molecule has 0 aromatic heterocycles. The summed E-state index contributed by atoms with van der Waals surface area (Å²) in [5, 5.41) is 0. The van der Waals surface area contributed by atoms with Crippen LogP contribution in [0, 0.1) is 5.82 Å². The Morgan fingerprint density at radius 3 is 2.57 bits per heavy atom. The maximum atomic E-state index is 13.6. The van der Waals surface area contributed by atoms with E-state index >= 15 is 0 Å². The lowest BCUT2D eigenvalue weighted by Crippen LogP contribution is -2.30. The van der Waals surface area contributed by atoms with Crippen LogP contribution in [0.3, 0.4) is 0 Å². The van der Waals surface area contributed by atoms with Crippen LogP contribution in [0.25, 0.3) is 0 Å². The van der Waals surface area contributed by atoms with Crippen molar-refractivity contribution in [2.45, 2.75) is 18.8 Å². The van der Waals surface area contributed by atoms with Crippen LogP contribution in [0.4, 0.5) is 4.39 Å². The SMILES string of the molecule is O=C(Cc1ccccc1F)N1CC[C@H](c2ccccc2)C1. The zero-order valence-corrected chi connectivity index (χ0v) is 11.8. The molecule has 0 unspecified atom stereocenters. The standard InChI is InChI=1S/C18H18FNO/c19-17-9-5-4-8-15(17)12-18(21)20-11-10-16(13-20)14-6-2-1-3-7-14/h1-9,16H,10-13H2/t16-/m0/s1. The summed E-state index contributed by atoms with van der Waals surface area (Å²) < 4.78 is 13.6. The van der Waals surface area contributed by atoms with Crippen LogP contribution in [0.15, 0.2) is 54.6 Å². The van der Waals surface area contributed by atoms with Crippen molar-refractivity contribution in [3.05, 3.63) is 71.5 Å². The third-order valence-corrected chi connectivity index (χ3v) is 4.11. The lowest BCUT2D eigenvalue weighted by Gasteiger charge is -2.17. The van der Waals surface area contributed by atoms with Gasteiger partial charge in [-0.25, -0.2) is 4.39 Å². The van der Waals surface area contributed by atoms with E-state index in [0.717, 1.165) is 19.5 Å². The number of likely N-dealkylation sites (tertiary alicyclic amines) is 1. The molecule has 1 fully saturated rings. The summed E-state index contributed by atoms with van der Waals surface area (Å²) in [5.74, 6) is 0.110. The fourth-order valence-corrected chi connectivity index (χ4v) is 2.90. The number of carbonyl (C=O) groups is 1. The topological polar surface area (TPSA) is 20.3 Å². The van der Waals surface area contributed by atoms with Crippen LogP contribution in [-0.4, -0.2) is 23.9 Å². The maximum Gasteiger partial charge on any atom is 0.227 e. The Morgan fingerprint density at radius 2 is 1.81 bits per heavy atom. The molecule has 1 saturated heterocycles. The Morgan fingerprint density at radius 1 is 1.10 bits per heavy atom. The molecule has 1 aliphatic rings. The van der Waals surface area contributed by atoms with Gasteiger partial charge >= 0.3 is 0 Å². The van der Waals surface area contributed by atoms with Gasteiger partial charge in [0.25, 0.3) is 0 Å². The van der Waals surface area contributed by atoms with E-state index in [1.165, 1.54) is 11.6 Å². The van der Waals surface area contributed by atoms with Gasteiger partial charge in [-0.1, -0.05) is 48.5 Å². The average molecular weight is 283 g/mol. The highest BCUT2D eigenvalue weighted by atomic mass is 19.1. The van der Waals surface area contributed by atoms with Crippen molar-refractivity contribution >= 4 is 5.91 Å². The molecule has 0 aliphatic carbocycles. The number of amides is 1. The van der Waals surface area contributed by atoms with Gasteiger partial charge < -0.3 is 4.90 Å². The third kappa shape index (κ3) is 3.13. The Hall–Kier alpha value is -2.16. The van der Waals surface area contributed by atoms with Crippen LogP contribution in [0.5, 0.6) is 0 Å². The van der Waals surface area contributed by atoms with Crippen LogP contribution in [0.1, 0.15) is 23.5 Å². The molecule has 108 valence electrons. The highest BCUT2D eigenvalue weighted by Gasteiger charge is 2.27. The molecule has 0 radical (unpaired) electrons. The van der Waals surface area contributed by atoms with Crippen molar-refractivity contribution < 1.29 is 9.18 Å². The molecule has 1 amide bonds. The lowest BCUT2D eigenvalue weighted by atomic mass is 9.99. The van der Waals surface area contributed by atoms with Crippen molar-refractivity contribution in [3.8, 4) is 0 Å². The van der Waals surface area contributed by atoms with Crippen LogP contribution >= 0.6 is 0 Å². The molecular weight excluding hydrogens is 265 g/mol. The number of hydrogen-bond acceptors (Lipinski definition) is 1. The number of nitrogens with zero attached hydrogens (tertiary/aromatic N) is 1. The number of benzene rings is 2. The highest BCUT2D eigenvalue weighted by molar-refractivity contribution is 5.79. The van der Waals surface area contributed by atoms with Crippen LogP contribution in [-0.2, 0) is 11.2 Å². The lowest BCUT2D eigenvalue weighted by molar-refractivity contribution is -0.129.